The summed E-state index contributed by atoms with van der Waals surface area (Å²) in [4.78, 5) is 11.7. The van der Waals surface area contributed by atoms with Crippen molar-refractivity contribution in [2.24, 2.45) is 11.3 Å². The lowest BCUT2D eigenvalue weighted by Crippen LogP contribution is -2.20. The minimum absolute atomic E-state index is 0.263. The zero-order chi connectivity index (χ0) is 11.9. The van der Waals surface area contributed by atoms with Crippen molar-refractivity contribution in [2.75, 3.05) is 0 Å². The summed E-state index contributed by atoms with van der Waals surface area (Å²) in [5, 5.41) is 0. The van der Waals surface area contributed by atoms with Gasteiger partial charge in [-0.15, -0.1) is 0 Å². The van der Waals surface area contributed by atoms with Gasteiger partial charge >= 0.3 is 0 Å². The molecule has 0 aromatic carbocycles. The molecule has 0 saturated carbocycles. The molecule has 0 heterocycles. The topological polar surface area (TPSA) is 17.1 Å². The van der Waals surface area contributed by atoms with Crippen LogP contribution >= 0.6 is 0 Å². The molecular weight excluding hydrogens is 184 g/mol. The van der Waals surface area contributed by atoms with E-state index in [0.717, 1.165) is 19.3 Å². The van der Waals surface area contributed by atoms with Gasteiger partial charge in [-0.05, 0) is 17.8 Å². The van der Waals surface area contributed by atoms with E-state index < -0.39 is 0 Å². The molecule has 15 heavy (non-hydrogen) atoms. The molecule has 0 aromatic rings. The van der Waals surface area contributed by atoms with Gasteiger partial charge in [0.15, 0.2) is 0 Å². The lowest BCUT2D eigenvalue weighted by molar-refractivity contribution is -0.120. The number of hydrogen-bond donors (Lipinski definition) is 0. The second kappa shape index (κ2) is 7.03. The van der Waals surface area contributed by atoms with Gasteiger partial charge in [-0.2, -0.15) is 0 Å². The Bertz CT molecular complexity index is 176. The normalized spacial score (nSPS) is 13.9. The van der Waals surface area contributed by atoms with Gasteiger partial charge in [0.25, 0.3) is 0 Å². The van der Waals surface area contributed by atoms with Gasteiger partial charge in [0.05, 0.1) is 0 Å². The summed E-state index contributed by atoms with van der Waals surface area (Å²) in [5.41, 5.74) is 0.263. The highest BCUT2D eigenvalue weighted by Gasteiger charge is 2.21. The van der Waals surface area contributed by atoms with Crippen LogP contribution in [-0.2, 0) is 4.79 Å². The summed E-state index contributed by atoms with van der Waals surface area (Å²) in [5.74, 6) is 0.949. The number of ketones is 1. The van der Waals surface area contributed by atoms with Crippen LogP contribution in [0.5, 0.6) is 0 Å². The molecule has 1 heteroatoms. The summed E-state index contributed by atoms with van der Waals surface area (Å²) in [7, 11) is 0. The maximum atomic E-state index is 11.7. The fourth-order valence-corrected chi connectivity index (χ4v) is 1.50. The highest BCUT2D eigenvalue weighted by atomic mass is 16.1. The number of rotatable bonds is 7. The standard InChI is InChI=1S/C14H28O/c1-6-7-8-9-10-13(15)11-12(2)14(3,4)5/h12H,6-11H2,1-5H3. The Kier molecular flexibility index (Phi) is 6.87. The van der Waals surface area contributed by atoms with Crippen LogP contribution in [0.25, 0.3) is 0 Å². The predicted octanol–water partition coefficient (Wildman–Crippen LogP) is 4.60. The lowest BCUT2D eigenvalue weighted by atomic mass is 9.79. The molecular formula is C14H28O. The first kappa shape index (κ1) is 14.7. The van der Waals surface area contributed by atoms with Gasteiger partial charge in [0.2, 0.25) is 0 Å². The Morgan fingerprint density at radius 2 is 1.73 bits per heavy atom. The first-order chi connectivity index (χ1) is 6.88. The molecule has 0 fully saturated rings. The third-order valence-electron chi connectivity index (χ3n) is 3.32. The Balaban J connectivity index is 3.65. The molecule has 0 N–H and O–H groups in total. The van der Waals surface area contributed by atoms with E-state index in [9.17, 15) is 4.79 Å². The number of carbonyl (C=O) groups excluding carboxylic acids is 1. The van der Waals surface area contributed by atoms with Gasteiger partial charge in [0, 0.05) is 12.8 Å². The van der Waals surface area contributed by atoms with Crippen molar-refractivity contribution in [3.05, 3.63) is 0 Å². The van der Waals surface area contributed by atoms with Gasteiger partial charge in [0.1, 0.15) is 5.78 Å². The number of hydrogen-bond acceptors (Lipinski definition) is 1. The summed E-state index contributed by atoms with van der Waals surface area (Å²) in [6.45, 7) is 11.0. The van der Waals surface area contributed by atoms with Crippen LogP contribution in [0.1, 0.15) is 73.1 Å². The van der Waals surface area contributed by atoms with E-state index in [1.165, 1.54) is 19.3 Å². The van der Waals surface area contributed by atoms with E-state index in [2.05, 4.69) is 34.6 Å². The number of carbonyl (C=O) groups is 1. The van der Waals surface area contributed by atoms with E-state index in [-0.39, 0.29) is 5.41 Å². The molecule has 0 aliphatic rings. The van der Waals surface area contributed by atoms with E-state index >= 15 is 0 Å². The zero-order valence-corrected chi connectivity index (χ0v) is 11.2. The molecule has 0 aromatic heterocycles. The molecule has 0 amide bonds. The van der Waals surface area contributed by atoms with Crippen LogP contribution in [0.4, 0.5) is 0 Å². The Labute approximate surface area is 95.6 Å². The smallest absolute Gasteiger partial charge is 0.133 e. The van der Waals surface area contributed by atoms with Gasteiger partial charge < -0.3 is 0 Å². The van der Waals surface area contributed by atoms with Crippen molar-refractivity contribution in [3.63, 3.8) is 0 Å². The van der Waals surface area contributed by atoms with Crippen LogP contribution < -0.4 is 0 Å². The third-order valence-corrected chi connectivity index (χ3v) is 3.32. The fourth-order valence-electron chi connectivity index (χ4n) is 1.50. The molecule has 1 unspecified atom stereocenters. The highest BCUT2D eigenvalue weighted by molar-refractivity contribution is 5.78. The number of unbranched alkanes of at least 4 members (excludes halogenated alkanes) is 3. The van der Waals surface area contributed by atoms with Gasteiger partial charge in [-0.1, -0.05) is 53.9 Å². The van der Waals surface area contributed by atoms with Crippen molar-refractivity contribution < 1.29 is 4.79 Å². The second-order valence-electron chi connectivity index (χ2n) is 5.82. The van der Waals surface area contributed by atoms with Crippen molar-refractivity contribution in [1.82, 2.24) is 0 Å². The van der Waals surface area contributed by atoms with E-state index in [1.807, 2.05) is 0 Å². The number of Topliss-reactive ketones (excluding diaryl/α,β-unsaturated/α-hetero) is 1. The van der Waals surface area contributed by atoms with Crippen LogP contribution in [0, 0.1) is 11.3 Å². The predicted molar refractivity (Wildman–Crippen MR) is 67.0 cm³/mol. The highest BCUT2D eigenvalue weighted by Crippen LogP contribution is 2.28. The van der Waals surface area contributed by atoms with E-state index in [0.29, 0.717) is 11.7 Å². The van der Waals surface area contributed by atoms with E-state index in [4.69, 9.17) is 0 Å². The molecule has 0 rings (SSSR count). The minimum atomic E-state index is 0.263. The molecule has 1 nitrogen and oxygen atoms in total. The van der Waals surface area contributed by atoms with Crippen molar-refractivity contribution in [1.29, 1.82) is 0 Å². The van der Waals surface area contributed by atoms with E-state index in [1.54, 1.807) is 0 Å². The molecule has 0 spiro atoms. The molecule has 0 bridgehead atoms. The third kappa shape index (κ3) is 7.58. The molecule has 0 aliphatic carbocycles. The quantitative estimate of drug-likeness (QED) is 0.564. The summed E-state index contributed by atoms with van der Waals surface area (Å²) in [6.07, 6.45) is 6.36. The fraction of sp³-hybridized carbons (Fsp3) is 0.929. The average molecular weight is 212 g/mol. The second-order valence-corrected chi connectivity index (χ2v) is 5.82. The maximum Gasteiger partial charge on any atom is 0.133 e. The van der Waals surface area contributed by atoms with Crippen LogP contribution in [0.15, 0.2) is 0 Å². The molecule has 0 radical (unpaired) electrons. The van der Waals surface area contributed by atoms with Gasteiger partial charge in [-0.3, -0.25) is 4.79 Å². The Hall–Kier alpha value is -0.330. The first-order valence-electron chi connectivity index (χ1n) is 6.39. The van der Waals surface area contributed by atoms with Gasteiger partial charge in [-0.25, -0.2) is 0 Å². The van der Waals surface area contributed by atoms with Crippen LogP contribution in [0.3, 0.4) is 0 Å². The van der Waals surface area contributed by atoms with Crippen molar-refractivity contribution in [3.8, 4) is 0 Å². The first-order valence-corrected chi connectivity index (χ1v) is 6.39. The monoisotopic (exact) mass is 212 g/mol. The lowest BCUT2D eigenvalue weighted by Gasteiger charge is -2.26. The SMILES string of the molecule is CCCCCCC(=O)CC(C)C(C)(C)C. The Morgan fingerprint density at radius 1 is 1.13 bits per heavy atom. The van der Waals surface area contributed by atoms with Crippen molar-refractivity contribution in [2.45, 2.75) is 73.1 Å². The molecule has 1 atom stereocenters. The zero-order valence-electron chi connectivity index (χ0n) is 11.2. The summed E-state index contributed by atoms with van der Waals surface area (Å²) < 4.78 is 0. The summed E-state index contributed by atoms with van der Waals surface area (Å²) in [6, 6.07) is 0. The van der Waals surface area contributed by atoms with Crippen molar-refractivity contribution >= 4 is 5.78 Å². The van der Waals surface area contributed by atoms with Crippen LogP contribution in [-0.4, -0.2) is 5.78 Å². The Morgan fingerprint density at radius 3 is 2.20 bits per heavy atom. The molecule has 0 aliphatic heterocycles. The maximum absolute atomic E-state index is 11.7. The van der Waals surface area contributed by atoms with Crippen LogP contribution in [0.2, 0.25) is 0 Å². The minimum Gasteiger partial charge on any atom is -0.300 e. The molecule has 90 valence electrons. The summed E-state index contributed by atoms with van der Waals surface area (Å²) >= 11 is 0. The molecule has 0 saturated heterocycles. The average Bonchev–Trinajstić information content (AvgIpc) is 2.11. The largest absolute Gasteiger partial charge is 0.300 e.